The number of hydrogen-bond acceptors (Lipinski definition) is 4. The Labute approximate surface area is 130 Å². The van der Waals surface area contributed by atoms with Crippen LogP contribution in [0, 0.1) is 5.92 Å². The van der Waals surface area contributed by atoms with Crippen molar-refractivity contribution in [3.05, 3.63) is 0 Å². The zero-order chi connectivity index (χ0) is 16.3. The quantitative estimate of drug-likeness (QED) is 0.500. The summed E-state index contributed by atoms with van der Waals surface area (Å²) in [5, 5.41) is 3.27. The van der Waals surface area contributed by atoms with E-state index in [9.17, 15) is 8.42 Å². The van der Waals surface area contributed by atoms with E-state index in [0.29, 0.717) is 19.8 Å². The fourth-order valence-corrected chi connectivity index (χ4v) is 3.01. The van der Waals surface area contributed by atoms with Gasteiger partial charge in [-0.1, -0.05) is 20.8 Å². The molecule has 0 heterocycles. The predicted molar refractivity (Wildman–Crippen MR) is 87.6 cm³/mol. The van der Waals surface area contributed by atoms with Gasteiger partial charge in [0.15, 0.2) is 0 Å². The Morgan fingerprint density at radius 1 is 1.19 bits per heavy atom. The van der Waals surface area contributed by atoms with Gasteiger partial charge in [-0.05, 0) is 38.8 Å². The van der Waals surface area contributed by atoms with Crippen molar-refractivity contribution in [1.82, 2.24) is 14.3 Å². The van der Waals surface area contributed by atoms with E-state index < -0.39 is 10.2 Å². The molecule has 0 bridgehead atoms. The first-order chi connectivity index (χ1) is 9.85. The first-order valence-electron chi connectivity index (χ1n) is 7.87. The Balaban J connectivity index is 4.29. The van der Waals surface area contributed by atoms with Crippen LogP contribution in [0.3, 0.4) is 0 Å². The lowest BCUT2D eigenvalue weighted by molar-refractivity contribution is 0.115. The van der Waals surface area contributed by atoms with Crippen molar-refractivity contribution in [2.75, 3.05) is 39.9 Å². The SMILES string of the molecule is CCCNCCCN(C)S(=O)(=O)NC(COCC)C(C)C. The highest BCUT2D eigenvalue weighted by atomic mass is 32.2. The minimum absolute atomic E-state index is 0.186. The van der Waals surface area contributed by atoms with Gasteiger partial charge in [-0.15, -0.1) is 0 Å². The molecule has 6 nitrogen and oxygen atoms in total. The largest absolute Gasteiger partial charge is 0.380 e. The zero-order valence-electron chi connectivity index (χ0n) is 14.2. The van der Waals surface area contributed by atoms with Gasteiger partial charge in [-0.3, -0.25) is 0 Å². The maximum atomic E-state index is 12.3. The summed E-state index contributed by atoms with van der Waals surface area (Å²) in [5.41, 5.74) is 0. The summed E-state index contributed by atoms with van der Waals surface area (Å²) < 4.78 is 34.0. The summed E-state index contributed by atoms with van der Waals surface area (Å²) in [6, 6.07) is -0.199. The van der Waals surface area contributed by atoms with Gasteiger partial charge in [0.1, 0.15) is 0 Å². The molecule has 1 unspecified atom stereocenters. The van der Waals surface area contributed by atoms with E-state index >= 15 is 0 Å². The highest BCUT2D eigenvalue weighted by Crippen LogP contribution is 2.06. The summed E-state index contributed by atoms with van der Waals surface area (Å²) in [6.07, 6.45) is 1.89. The summed E-state index contributed by atoms with van der Waals surface area (Å²) in [6.45, 7) is 11.3. The van der Waals surface area contributed by atoms with Crippen LogP contribution in [0.4, 0.5) is 0 Å². The molecule has 7 heteroatoms. The van der Waals surface area contributed by atoms with Crippen molar-refractivity contribution in [3.8, 4) is 0 Å². The third-order valence-corrected chi connectivity index (χ3v) is 4.87. The molecular weight excluding hydrogens is 290 g/mol. The van der Waals surface area contributed by atoms with Crippen LogP contribution in [0.2, 0.25) is 0 Å². The van der Waals surface area contributed by atoms with Gasteiger partial charge in [-0.25, -0.2) is 0 Å². The Morgan fingerprint density at radius 2 is 1.86 bits per heavy atom. The van der Waals surface area contributed by atoms with Crippen molar-refractivity contribution < 1.29 is 13.2 Å². The van der Waals surface area contributed by atoms with Crippen molar-refractivity contribution in [1.29, 1.82) is 0 Å². The molecule has 0 saturated carbocycles. The average molecular weight is 324 g/mol. The van der Waals surface area contributed by atoms with Crippen molar-refractivity contribution in [2.45, 2.75) is 46.6 Å². The van der Waals surface area contributed by atoms with Gasteiger partial charge in [0, 0.05) is 26.2 Å². The smallest absolute Gasteiger partial charge is 0.279 e. The lowest BCUT2D eigenvalue weighted by atomic mass is 10.1. The Hall–Kier alpha value is -0.210. The summed E-state index contributed by atoms with van der Waals surface area (Å²) in [7, 11) is -1.84. The van der Waals surface area contributed by atoms with E-state index in [1.165, 1.54) is 4.31 Å². The van der Waals surface area contributed by atoms with Crippen LogP contribution >= 0.6 is 0 Å². The second-order valence-corrected chi connectivity index (χ2v) is 7.37. The summed E-state index contributed by atoms with van der Waals surface area (Å²) in [5.74, 6) is 0.186. The predicted octanol–water partition coefficient (Wildman–Crippen LogP) is 1.20. The Bertz CT molecular complexity index is 347. The maximum absolute atomic E-state index is 12.3. The first kappa shape index (κ1) is 20.8. The average Bonchev–Trinajstić information content (AvgIpc) is 2.42. The molecule has 1 atom stereocenters. The van der Waals surface area contributed by atoms with E-state index in [2.05, 4.69) is 17.0 Å². The minimum Gasteiger partial charge on any atom is -0.380 e. The van der Waals surface area contributed by atoms with E-state index in [1.807, 2.05) is 20.8 Å². The molecule has 0 amide bonds. The van der Waals surface area contributed by atoms with Crippen LogP contribution in [0.25, 0.3) is 0 Å². The number of nitrogens with zero attached hydrogens (tertiary/aromatic N) is 1. The highest BCUT2D eigenvalue weighted by molar-refractivity contribution is 7.87. The van der Waals surface area contributed by atoms with Gasteiger partial charge >= 0.3 is 0 Å². The maximum Gasteiger partial charge on any atom is 0.279 e. The minimum atomic E-state index is -3.45. The fraction of sp³-hybridized carbons (Fsp3) is 1.00. The normalized spacial score (nSPS) is 14.0. The molecule has 0 aliphatic rings. The standard InChI is InChI=1S/C14H33N3O3S/c1-6-9-15-10-8-11-17(5)21(18,19)16-14(13(3)4)12-20-7-2/h13-16H,6-12H2,1-5H3. The Morgan fingerprint density at radius 3 is 2.38 bits per heavy atom. The summed E-state index contributed by atoms with van der Waals surface area (Å²) >= 11 is 0. The zero-order valence-corrected chi connectivity index (χ0v) is 15.0. The van der Waals surface area contributed by atoms with Crippen molar-refractivity contribution >= 4 is 10.2 Å². The molecule has 0 aromatic carbocycles. The molecule has 0 fully saturated rings. The van der Waals surface area contributed by atoms with E-state index in [4.69, 9.17) is 4.74 Å². The second-order valence-electron chi connectivity index (χ2n) is 5.56. The van der Waals surface area contributed by atoms with E-state index in [-0.39, 0.29) is 12.0 Å². The molecule has 0 rings (SSSR count). The molecule has 21 heavy (non-hydrogen) atoms. The van der Waals surface area contributed by atoms with Crippen LogP contribution in [0.5, 0.6) is 0 Å². The lowest BCUT2D eigenvalue weighted by Gasteiger charge is -2.25. The first-order valence-corrected chi connectivity index (χ1v) is 9.31. The van der Waals surface area contributed by atoms with Crippen LogP contribution in [-0.4, -0.2) is 58.7 Å². The third-order valence-electron chi connectivity index (χ3n) is 3.27. The van der Waals surface area contributed by atoms with Crippen LogP contribution in [0.1, 0.15) is 40.5 Å². The number of rotatable bonds is 13. The fourth-order valence-electron chi connectivity index (χ4n) is 1.74. The van der Waals surface area contributed by atoms with Gasteiger partial charge < -0.3 is 10.1 Å². The van der Waals surface area contributed by atoms with Crippen molar-refractivity contribution in [3.63, 3.8) is 0 Å². The van der Waals surface area contributed by atoms with E-state index in [1.54, 1.807) is 7.05 Å². The molecule has 0 aliphatic heterocycles. The molecular formula is C14H33N3O3S. The molecule has 0 aromatic rings. The molecule has 0 spiro atoms. The second kappa shape index (κ2) is 11.4. The van der Waals surface area contributed by atoms with E-state index in [0.717, 1.165) is 25.9 Å². The number of nitrogens with one attached hydrogen (secondary N) is 2. The molecule has 0 radical (unpaired) electrons. The number of hydrogen-bond donors (Lipinski definition) is 2. The molecule has 2 N–H and O–H groups in total. The van der Waals surface area contributed by atoms with Gasteiger partial charge in [-0.2, -0.15) is 17.4 Å². The van der Waals surface area contributed by atoms with Crippen molar-refractivity contribution in [2.24, 2.45) is 5.92 Å². The van der Waals surface area contributed by atoms with Gasteiger partial charge in [0.25, 0.3) is 10.2 Å². The number of ether oxygens (including phenoxy) is 1. The molecule has 0 aromatic heterocycles. The monoisotopic (exact) mass is 323 g/mol. The molecule has 0 saturated heterocycles. The highest BCUT2D eigenvalue weighted by Gasteiger charge is 2.24. The Kier molecular flexibility index (Phi) is 11.3. The van der Waals surface area contributed by atoms with Gasteiger partial charge in [0.05, 0.1) is 6.61 Å². The van der Waals surface area contributed by atoms with Crippen LogP contribution < -0.4 is 10.0 Å². The van der Waals surface area contributed by atoms with Gasteiger partial charge in [0.2, 0.25) is 0 Å². The molecule has 128 valence electrons. The third kappa shape index (κ3) is 9.42. The lowest BCUT2D eigenvalue weighted by Crippen LogP contribution is -2.48. The molecule has 0 aliphatic carbocycles. The van der Waals surface area contributed by atoms with Crippen LogP contribution in [-0.2, 0) is 14.9 Å². The topological polar surface area (TPSA) is 70.7 Å². The summed E-state index contributed by atoms with van der Waals surface area (Å²) in [4.78, 5) is 0. The van der Waals surface area contributed by atoms with Crippen LogP contribution in [0.15, 0.2) is 0 Å².